The number of thiophene rings is 1. The number of aliphatic hydroxyl groups excluding tert-OH is 1. The van der Waals surface area contributed by atoms with Crippen LogP contribution in [0.5, 0.6) is 0 Å². The van der Waals surface area contributed by atoms with Gasteiger partial charge in [0, 0.05) is 5.92 Å². The molecule has 3 aromatic rings. The molecule has 0 aliphatic heterocycles. The summed E-state index contributed by atoms with van der Waals surface area (Å²) in [6, 6.07) is 8.73. The van der Waals surface area contributed by atoms with Crippen LogP contribution in [-0.4, -0.2) is 36.2 Å². The normalized spacial score (nSPS) is 25.8. The summed E-state index contributed by atoms with van der Waals surface area (Å²) < 4.78 is 28.1. The molecule has 5 rings (SSSR count). The van der Waals surface area contributed by atoms with E-state index in [0.29, 0.717) is 18.8 Å². The van der Waals surface area contributed by atoms with Gasteiger partial charge in [0.15, 0.2) is 0 Å². The predicted molar refractivity (Wildman–Crippen MR) is 124 cm³/mol. The van der Waals surface area contributed by atoms with Crippen LogP contribution in [0.1, 0.15) is 59.9 Å². The van der Waals surface area contributed by atoms with E-state index < -0.39 is 16.4 Å². The fraction of sp³-hybridized carbons (Fsp3) is 0.478. The van der Waals surface area contributed by atoms with E-state index in [9.17, 15) is 13.5 Å². The predicted octanol–water partition coefficient (Wildman–Crippen LogP) is 3.43. The Morgan fingerprint density at radius 3 is 2.88 bits per heavy atom. The van der Waals surface area contributed by atoms with Crippen LogP contribution in [-0.2, 0) is 27.3 Å². The topological polar surface area (TPSA) is 115 Å². The summed E-state index contributed by atoms with van der Waals surface area (Å²) >= 11 is 1.66. The highest BCUT2D eigenvalue weighted by atomic mass is 32.2. The largest absolute Gasteiger partial charge is 0.393 e. The summed E-state index contributed by atoms with van der Waals surface area (Å²) in [5.41, 5.74) is 6.04. The molecule has 9 heteroatoms. The van der Waals surface area contributed by atoms with Gasteiger partial charge >= 0.3 is 10.3 Å². The first kappa shape index (κ1) is 21.9. The van der Waals surface area contributed by atoms with Gasteiger partial charge in [0.1, 0.15) is 6.33 Å². The average molecular weight is 474 g/mol. The zero-order valence-corrected chi connectivity index (χ0v) is 19.3. The maximum atomic E-state index is 11.1. The highest BCUT2D eigenvalue weighted by Gasteiger charge is 2.36. The van der Waals surface area contributed by atoms with Gasteiger partial charge in [-0.25, -0.2) is 15.1 Å². The molecule has 2 aromatic heterocycles. The van der Waals surface area contributed by atoms with E-state index in [4.69, 9.17) is 9.32 Å². The van der Waals surface area contributed by atoms with Crippen LogP contribution in [0, 0.1) is 5.92 Å². The molecule has 0 bridgehead atoms. The molecule has 0 amide bonds. The second-order valence-corrected chi connectivity index (χ2v) is 11.1. The van der Waals surface area contributed by atoms with Crippen molar-refractivity contribution in [2.24, 2.45) is 11.1 Å². The number of hydrogen-bond donors (Lipinski definition) is 2. The fourth-order valence-corrected chi connectivity index (χ4v) is 6.84. The van der Waals surface area contributed by atoms with Crippen molar-refractivity contribution in [3.63, 3.8) is 0 Å². The first-order valence-corrected chi connectivity index (χ1v) is 13.4. The van der Waals surface area contributed by atoms with Gasteiger partial charge in [0.05, 0.1) is 28.6 Å². The van der Waals surface area contributed by atoms with Gasteiger partial charge in [-0.1, -0.05) is 24.3 Å². The fourth-order valence-electron chi connectivity index (χ4n) is 5.37. The van der Waals surface area contributed by atoms with Gasteiger partial charge in [-0.05, 0) is 72.4 Å². The van der Waals surface area contributed by atoms with E-state index >= 15 is 0 Å². The second-order valence-electron chi connectivity index (χ2n) is 8.95. The molecule has 0 unspecified atom stereocenters. The summed E-state index contributed by atoms with van der Waals surface area (Å²) in [5.74, 6) is 0.302. The van der Waals surface area contributed by atoms with Crippen LogP contribution in [0.2, 0.25) is 0 Å². The van der Waals surface area contributed by atoms with E-state index in [1.165, 1.54) is 24.0 Å². The molecular formula is C23H27N3O4S2. The summed E-state index contributed by atoms with van der Waals surface area (Å²) in [5, 5.41) is 17.5. The molecule has 4 atom stereocenters. The van der Waals surface area contributed by atoms with Crippen LogP contribution in [0.4, 0.5) is 0 Å². The molecule has 0 spiro atoms. The summed E-state index contributed by atoms with van der Waals surface area (Å²) in [6.45, 7) is -0.0973. The third-order valence-corrected chi connectivity index (χ3v) is 8.43. The van der Waals surface area contributed by atoms with Crippen LogP contribution in [0.25, 0.3) is 10.2 Å². The number of nitrogens with zero attached hydrogens (tertiary/aromatic N) is 2. The molecule has 3 N–H and O–H groups in total. The van der Waals surface area contributed by atoms with E-state index in [-0.39, 0.29) is 18.4 Å². The smallest absolute Gasteiger partial charge is 0.333 e. The monoisotopic (exact) mass is 473 g/mol. The van der Waals surface area contributed by atoms with Crippen LogP contribution < -0.4 is 5.14 Å². The molecule has 0 saturated heterocycles. The van der Waals surface area contributed by atoms with Crippen molar-refractivity contribution < 1.29 is 17.7 Å². The minimum absolute atomic E-state index is 0.0973. The lowest BCUT2D eigenvalue weighted by Crippen LogP contribution is -2.24. The van der Waals surface area contributed by atoms with E-state index in [2.05, 4.69) is 39.6 Å². The lowest BCUT2D eigenvalue weighted by molar-refractivity contribution is 0.101. The molecule has 2 aliphatic carbocycles. The Bertz CT molecular complexity index is 1230. The van der Waals surface area contributed by atoms with Crippen molar-refractivity contribution in [3.05, 3.63) is 58.4 Å². The van der Waals surface area contributed by atoms with Crippen molar-refractivity contribution in [1.82, 2.24) is 9.97 Å². The Kier molecular flexibility index (Phi) is 6.02. The number of hydrogen-bond acceptors (Lipinski definition) is 7. The molecule has 1 aromatic carbocycles. The number of fused-ring (bicyclic) bond motifs is 2. The SMILES string of the molecule is NS(=O)(=O)OC[C@@H]1C[C@@H](c2csc3c(C[C@@H]4CCCc5ccccc54)ncnc23)C[C@@H]1O. The van der Waals surface area contributed by atoms with E-state index in [1.54, 1.807) is 17.7 Å². The zero-order valence-electron chi connectivity index (χ0n) is 17.7. The molecule has 7 nitrogen and oxygen atoms in total. The molecule has 32 heavy (non-hydrogen) atoms. The zero-order chi connectivity index (χ0) is 22.3. The number of benzene rings is 1. The van der Waals surface area contributed by atoms with Gasteiger partial charge in [-0.15, -0.1) is 11.3 Å². The Morgan fingerprint density at radius 2 is 2.03 bits per heavy atom. The van der Waals surface area contributed by atoms with Crippen LogP contribution in [0.3, 0.4) is 0 Å². The quantitative estimate of drug-likeness (QED) is 0.567. The van der Waals surface area contributed by atoms with E-state index in [0.717, 1.165) is 34.3 Å². The molecule has 2 aliphatic rings. The van der Waals surface area contributed by atoms with E-state index in [1.807, 2.05) is 0 Å². The number of rotatable bonds is 6. The first-order chi connectivity index (χ1) is 15.4. The van der Waals surface area contributed by atoms with Crippen molar-refractivity contribution in [3.8, 4) is 0 Å². The standard InChI is InChI=1S/C23H27N3O4S2/c24-32(28,29)30-11-17-8-16(10-21(17)27)19-12-31-23-20(25-13-26-22(19)23)9-15-6-3-5-14-4-1-2-7-18(14)15/h1-2,4,7,12-13,15-17,21,27H,3,5-6,8-11H2,(H2,24,28,29)/t15-,16+,17-,21-/m0/s1. The maximum absolute atomic E-state index is 11.1. The van der Waals surface area contributed by atoms with Gasteiger partial charge in [0.25, 0.3) is 0 Å². The summed E-state index contributed by atoms with van der Waals surface area (Å²) in [7, 11) is -4.01. The first-order valence-electron chi connectivity index (χ1n) is 11.0. The van der Waals surface area contributed by atoms with Crippen molar-refractivity contribution in [2.75, 3.05) is 6.61 Å². The third-order valence-electron chi connectivity index (χ3n) is 6.93. The number of nitrogens with two attached hydrogens (primary N) is 1. The van der Waals surface area contributed by atoms with Gasteiger partial charge in [-0.3, -0.25) is 4.18 Å². The lowest BCUT2D eigenvalue weighted by atomic mass is 9.80. The maximum Gasteiger partial charge on any atom is 0.333 e. The van der Waals surface area contributed by atoms with Crippen molar-refractivity contribution in [2.45, 2.75) is 56.5 Å². The van der Waals surface area contributed by atoms with Gasteiger partial charge in [-0.2, -0.15) is 8.42 Å². The van der Waals surface area contributed by atoms with Crippen LogP contribution in [0.15, 0.2) is 36.0 Å². The molecule has 1 fully saturated rings. The van der Waals surface area contributed by atoms with Gasteiger partial charge in [0.2, 0.25) is 0 Å². The van der Waals surface area contributed by atoms with Gasteiger partial charge < -0.3 is 5.11 Å². The molecule has 170 valence electrons. The highest BCUT2D eigenvalue weighted by Crippen LogP contribution is 2.44. The Balaban J connectivity index is 1.37. The Labute approximate surface area is 191 Å². The molecule has 2 heterocycles. The molecule has 0 radical (unpaired) electrons. The summed E-state index contributed by atoms with van der Waals surface area (Å²) in [4.78, 5) is 9.24. The van der Waals surface area contributed by atoms with Crippen LogP contribution >= 0.6 is 11.3 Å². The Hall–Kier alpha value is -1.91. The summed E-state index contributed by atoms with van der Waals surface area (Å²) in [6.07, 6.45) is 6.63. The van der Waals surface area contributed by atoms with Crippen molar-refractivity contribution in [1.29, 1.82) is 0 Å². The minimum Gasteiger partial charge on any atom is -0.393 e. The minimum atomic E-state index is -4.01. The number of aromatic nitrogens is 2. The number of aryl methyl sites for hydroxylation is 1. The Morgan fingerprint density at radius 1 is 1.19 bits per heavy atom. The number of aliphatic hydroxyl groups is 1. The lowest BCUT2D eigenvalue weighted by Gasteiger charge is -2.25. The highest BCUT2D eigenvalue weighted by molar-refractivity contribution is 7.84. The second kappa shape index (κ2) is 8.79. The van der Waals surface area contributed by atoms with Crippen molar-refractivity contribution >= 4 is 31.9 Å². The molecule has 1 saturated carbocycles. The molecular weight excluding hydrogens is 446 g/mol. The third kappa shape index (κ3) is 4.45. The average Bonchev–Trinajstić information content (AvgIpc) is 3.36.